The van der Waals surface area contributed by atoms with Gasteiger partial charge in [-0.1, -0.05) is 0 Å². The number of rotatable bonds is 4. The van der Waals surface area contributed by atoms with E-state index in [-0.39, 0.29) is 18.0 Å². The van der Waals surface area contributed by atoms with Crippen LogP contribution in [0.5, 0.6) is 0 Å². The molecule has 0 aliphatic carbocycles. The zero-order chi connectivity index (χ0) is 19.0. The maximum atomic E-state index is 12.4. The fourth-order valence-electron chi connectivity index (χ4n) is 2.79. The van der Waals surface area contributed by atoms with E-state index < -0.39 is 0 Å². The first-order chi connectivity index (χ1) is 13.0. The highest BCUT2D eigenvalue weighted by atomic mass is 32.1. The number of hydrogen-bond donors (Lipinski definition) is 2. The predicted octanol–water partition coefficient (Wildman–Crippen LogP) is 2.09. The lowest BCUT2D eigenvalue weighted by Crippen LogP contribution is -2.25. The van der Waals surface area contributed by atoms with E-state index in [1.807, 2.05) is 19.1 Å². The second-order valence-electron chi connectivity index (χ2n) is 6.02. The third-order valence-corrected chi connectivity index (χ3v) is 5.09. The first kappa shape index (κ1) is 17.1. The van der Waals surface area contributed by atoms with Gasteiger partial charge in [-0.15, -0.1) is 11.3 Å². The molecule has 0 radical (unpaired) electrons. The molecule has 4 heterocycles. The van der Waals surface area contributed by atoms with Crippen molar-refractivity contribution >= 4 is 22.9 Å². The molecule has 0 aliphatic rings. The summed E-state index contributed by atoms with van der Waals surface area (Å²) in [6.45, 7) is 3.82. The highest BCUT2D eigenvalue weighted by Crippen LogP contribution is 2.18. The van der Waals surface area contributed by atoms with Gasteiger partial charge in [0.2, 0.25) is 0 Å². The molecule has 0 fully saturated rings. The Morgan fingerprint density at radius 2 is 2.15 bits per heavy atom. The number of nitrogens with zero attached hydrogens (tertiary/aromatic N) is 4. The normalized spacial score (nSPS) is 11.0. The molecule has 0 aliphatic heterocycles. The number of aromatic amines is 1. The van der Waals surface area contributed by atoms with Crippen molar-refractivity contribution in [1.82, 2.24) is 29.9 Å². The van der Waals surface area contributed by atoms with Crippen LogP contribution in [0.1, 0.15) is 26.1 Å². The summed E-state index contributed by atoms with van der Waals surface area (Å²) < 4.78 is 1.37. The lowest BCUT2D eigenvalue weighted by Gasteiger charge is -2.04. The molecule has 0 saturated carbocycles. The van der Waals surface area contributed by atoms with Crippen LogP contribution in [-0.2, 0) is 6.54 Å². The molecule has 4 aromatic rings. The number of aryl methyl sites for hydroxylation is 2. The van der Waals surface area contributed by atoms with Gasteiger partial charge in [-0.25, -0.2) is 14.5 Å². The second-order valence-corrected chi connectivity index (χ2v) is 7.22. The summed E-state index contributed by atoms with van der Waals surface area (Å²) in [6.07, 6.45) is 3.39. The van der Waals surface area contributed by atoms with Crippen LogP contribution >= 0.6 is 11.3 Å². The van der Waals surface area contributed by atoms with Crippen LogP contribution in [0.25, 0.3) is 16.9 Å². The summed E-state index contributed by atoms with van der Waals surface area (Å²) in [4.78, 5) is 38.1. The molecule has 0 aromatic carbocycles. The Bertz CT molecular complexity index is 1190. The average Bonchev–Trinajstić information content (AvgIpc) is 3.23. The monoisotopic (exact) mass is 380 g/mol. The summed E-state index contributed by atoms with van der Waals surface area (Å²) in [6, 6.07) is 6.90. The average molecular weight is 380 g/mol. The standard InChI is InChI=1S/C18H16N6O2S/c1-10-17(27-11(2)21-10)18(26)20-9-13-6-16(25)24-15(22-13)7-14(23-24)12-4-3-5-19-8-12/h3-8,23H,9H2,1-2H3,(H,20,26). The summed E-state index contributed by atoms with van der Waals surface area (Å²) in [5.41, 5.74) is 3.02. The van der Waals surface area contributed by atoms with E-state index in [9.17, 15) is 9.59 Å². The number of carbonyl (C=O) groups is 1. The van der Waals surface area contributed by atoms with E-state index in [0.717, 1.165) is 16.3 Å². The second kappa shape index (κ2) is 6.76. The number of pyridine rings is 1. The summed E-state index contributed by atoms with van der Waals surface area (Å²) >= 11 is 1.34. The van der Waals surface area contributed by atoms with Crippen molar-refractivity contribution in [2.75, 3.05) is 0 Å². The number of fused-ring (bicyclic) bond motifs is 1. The van der Waals surface area contributed by atoms with Crippen molar-refractivity contribution < 1.29 is 4.79 Å². The quantitative estimate of drug-likeness (QED) is 0.564. The molecule has 0 spiro atoms. The molecular formula is C18H16N6O2S. The summed E-state index contributed by atoms with van der Waals surface area (Å²) in [7, 11) is 0. The number of aromatic nitrogens is 5. The molecule has 0 saturated heterocycles. The van der Waals surface area contributed by atoms with Gasteiger partial charge in [0.15, 0.2) is 5.65 Å². The Hall–Kier alpha value is -3.33. The SMILES string of the molecule is Cc1nc(C)c(C(=O)NCc2cc(=O)n3[nH]c(-c4cccnc4)cc3n2)s1. The third kappa shape index (κ3) is 3.36. The maximum absolute atomic E-state index is 12.4. The first-order valence-electron chi connectivity index (χ1n) is 8.25. The Labute approximate surface area is 157 Å². The molecule has 4 aromatic heterocycles. The van der Waals surface area contributed by atoms with Gasteiger partial charge in [0.1, 0.15) is 4.88 Å². The molecule has 2 N–H and O–H groups in total. The number of carbonyl (C=O) groups excluding carboxylic acids is 1. The fraction of sp³-hybridized carbons (Fsp3) is 0.167. The van der Waals surface area contributed by atoms with Crippen LogP contribution in [0.3, 0.4) is 0 Å². The number of thiazole rings is 1. The summed E-state index contributed by atoms with van der Waals surface area (Å²) in [5, 5.41) is 6.66. The lowest BCUT2D eigenvalue weighted by molar-refractivity contribution is 0.0953. The number of hydrogen-bond acceptors (Lipinski definition) is 6. The Morgan fingerprint density at radius 3 is 2.85 bits per heavy atom. The van der Waals surface area contributed by atoms with Gasteiger partial charge in [-0.2, -0.15) is 0 Å². The molecule has 8 nitrogen and oxygen atoms in total. The highest BCUT2D eigenvalue weighted by Gasteiger charge is 2.14. The van der Waals surface area contributed by atoms with Crippen LogP contribution in [0.2, 0.25) is 0 Å². The van der Waals surface area contributed by atoms with E-state index in [0.29, 0.717) is 21.9 Å². The van der Waals surface area contributed by atoms with E-state index in [1.54, 1.807) is 25.4 Å². The minimum absolute atomic E-state index is 0.161. The Morgan fingerprint density at radius 1 is 1.30 bits per heavy atom. The van der Waals surface area contributed by atoms with E-state index in [4.69, 9.17) is 0 Å². The highest BCUT2D eigenvalue weighted by molar-refractivity contribution is 7.13. The zero-order valence-electron chi connectivity index (χ0n) is 14.7. The Balaban J connectivity index is 1.59. The third-order valence-electron chi connectivity index (χ3n) is 4.02. The van der Waals surface area contributed by atoms with Crippen molar-refractivity contribution in [3.63, 3.8) is 0 Å². The number of nitrogens with one attached hydrogen (secondary N) is 2. The first-order valence-corrected chi connectivity index (χ1v) is 9.07. The minimum Gasteiger partial charge on any atom is -0.346 e. The molecule has 27 heavy (non-hydrogen) atoms. The zero-order valence-corrected chi connectivity index (χ0v) is 15.5. The lowest BCUT2D eigenvalue weighted by atomic mass is 10.2. The molecule has 9 heteroatoms. The topological polar surface area (TPSA) is 105 Å². The van der Waals surface area contributed by atoms with Gasteiger partial charge in [0, 0.05) is 30.1 Å². The van der Waals surface area contributed by atoms with Gasteiger partial charge in [-0.3, -0.25) is 19.7 Å². The molecular weight excluding hydrogens is 364 g/mol. The molecule has 0 unspecified atom stereocenters. The molecule has 136 valence electrons. The van der Waals surface area contributed by atoms with Crippen molar-refractivity contribution in [3.05, 3.63) is 68.3 Å². The van der Waals surface area contributed by atoms with Gasteiger partial charge in [-0.05, 0) is 26.0 Å². The van der Waals surface area contributed by atoms with Crippen LogP contribution < -0.4 is 10.9 Å². The smallest absolute Gasteiger partial charge is 0.272 e. The largest absolute Gasteiger partial charge is 0.346 e. The van der Waals surface area contributed by atoms with Gasteiger partial charge < -0.3 is 5.32 Å². The van der Waals surface area contributed by atoms with Gasteiger partial charge >= 0.3 is 0 Å². The fourth-order valence-corrected chi connectivity index (χ4v) is 3.63. The maximum Gasteiger partial charge on any atom is 0.272 e. The van der Waals surface area contributed by atoms with Gasteiger partial charge in [0.25, 0.3) is 11.5 Å². The van der Waals surface area contributed by atoms with Crippen molar-refractivity contribution in [1.29, 1.82) is 0 Å². The van der Waals surface area contributed by atoms with E-state index >= 15 is 0 Å². The number of H-pyrrole nitrogens is 1. The molecule has 1 amide bonds. The van der Waals surface area contributed by atoms with E-state index in [1.165, 1.54) is 21.9 Å². The molecule has 4 rings (SSSR count). The van der Waals surface area contributed by atoms with Crippen LogP contribution in [-0.4, -0.2) is 30.5 Å². The number of amides is 1. The van der Waals surface area contributed by atoms with Crippen LogP contribution in [0.4, 0.5) is 0 Å². The van der Waals surface area contributed by atoms with Gasteiger partial charge in [0.05, 0.1) is 28.6 Å². The molecule has 0 bridgehead atoms. The van der Waals surface area contributed by atoms with Crippen LogP contribution in [0.15, 0.2) is 41.5 Å². The van der Waals surface area contributed by atoms with Crippen LogP contribution in [0, 0.1) is 13.8 Å². The van der Waals surface area contributed by atoms with E-state index in [2.05, 4.69) is 25.4 Å². The summed E-state index contributed by atoms with van der Waals surface area (Å²) in [5.74, 6) is -0.217. The van der Waals surface area contributed by atoms with Crippen molar-refractivity contribution in [2.45, 2.75) is 20.4 Å². The van der Waals surface area contributed by atoms with Crippen molar-refractivity contribution in [3.8, 4) is 11.3 Å². The minimum atomic E-state index is -0.246. The molecule has 0 atom stereocenters. The van der Waals surface area contributed by atoms with Crippen molar-refractivity contribution in [2.24, 2.45) is 0 Å². The Kier molecular flexibility index (Phi) is 4.28. The predicted molar refractivity (Wildman–Crippen MR) is 102 cm³/mol.